The van der Waals surface area contributed by atoms with E-state index in [4.69, 9.17) is 0 Å². The third-order valence-corrected chi connectivity index (χ3v) is 2.65. The molecule has 0 spiro atoms. The van der Waals surface area contributed by atoms with Gasteiger partial charge in [-0.25, -0.2) is 9.50 Å². The molecule has 0 aliphatic rings. The van der Waals surface area contributed by atoms with E-state index in [1.165, 1.54) is 6.33 Å². The van der Waals surface area contributed by atoms with Gasteiger partial charge in [-0.15, -0.1) is 0 Å². The predicted molar refractivity (Wildman–Crippen MR) is 65.3 cm³/mol. The minimum atomic E-state index is -0.00457. The maximum absolute atomic E-state index is 12.0. The number of carbonyl (C=O) groups excluding carboxylic acids is 1. The number of nitrogens with zero attached hydrogens (tertiary/aromatic N) is 4. The Morgan fingerprint density at radius 1 is 1.17 bits per heavy atom. The van der Waals surface area contributed by atoms with Crippen molar-refractivity contribution in [3.8, 4) is 0 Å². The molecule has 0 fully saturated rings. The second kappa shape index (κ2) is 4.37. The van der Waals surface area contributed by atoms with Gasteiger partial charge in [-0.2, -0.15) is 5.10 Å². The van der Waals surface area contributed by atoms with E-state index in [0.29, 0.717) is 12.1 Å². The van der Waals surface area contributed by atoms with Crippen molar-refractivity contribution in [3.05, 3.63) is 60.3 Å². The van der Waals surface area contributed by atoms with Crippen molar-refractivity contribution in [1.82, 2.24) is 19.6 Å². The molecule has 88 valence electrons. The summed E-state index contributed by atoms with van der Waals surface area (Å²) in [6.07, 6.45) is 5.23. The zero-order chi connectivity index (χ0) is 12.4. The van der Waals surface area contributed by atoms with Crippen molar-refractivity contribution in [2.45, 2.75) is 6.42 Å². The fourth-order valence-electron chi connectivity index (χ4n) is 1.77. The topological polar surface area (TPSA) is 60.2 Å². The molecule has 0 atom stereocenters. The Kier molecular flexibility index (Phi) is 2.57. The Morgan fingerprint density at radius 3 is 2.94 bits per heavy atom. The van der Waals surface area contributed by atoms with Crippen molar-refractivity contribution >= 4 is 11.4 Å². The second-order valence-corrected chi connectivity index (χ2v) is 3.92. The van der Waals surface area contributed by atoms with Crippen molar-refractivity contribution in [3.63, 3.8) is 0 Å². The van der Waals surface area contributed by atoms with Gasteiger partial charge in [0.15, 0.2) is 11.4 Å². The molecule has 18 heavy (non-hydrogen) atoms. The van der Waals surface area contributed by atoms with Crippen LogP contribution in [0.3, 0.4) is 0 Å². The smallest absolute Gasteiger partial charge is 0.185 e. The maximum atomic E-state index is 12.0. The van der Waals surface area contributed by atoms with Crippen LogP contribution in [-0.2, 0) is 6.42 Å². The summed E-state index contributed by atoms with van der Waals surface area (Å²) in [4.78, 5) is 20.1. The highest BCUT2D eigenvalue weighted by Gasteiger charge is 2.08. The van der Waals surface area contributed by atoms with E-state index in [2.05, 4.69) is 15.1 Å². The molecule has 3 heterocycles. The highest BCUT2D eigenvalue weighted by Crippen LogP contribution is 2.07. The minimum Gasteiger partial charge on any atom is -0.292 e. The maximum Gasteiger partial charge on any atom is 0.185 e. The molecular formula is C13H10N4O. The lowest BCUT2D eigenvalue weighted by atomic mass is 10.1. The molecular weight excluding hydrogens is 228 g/mol. The lowest BCUT2D eigenvalue weighted by molar-refractivity contribution is 0.0988. The van der Waals surface area contributed by atoms with Gasteiger partial charge < -0.3 is 0 Å². The number of pyridine rings is 2. The molecule has 5 nitrogen and oxygen atoms in total. The molecule has 0 unspecified atom stereocenters. The fraction of sp³-hybridized carbons (Fsp3) is 0.0769. The standard InChI is InChI=1S/C13H10N4O/c18-12(11-3-1-2-6-14-11)7-10-4-5-13-15-9-16-17(13)8-10/h1-6,8-9H,7H2. The Morgan fingerprint density at radius 2 is 2.11 bits per heavy atom. The molecule has 5 heteroatoms. The van der Waals surface area contributed by atoms with Gasteiger partial charge in [0.25, 0.3) is 0 Å². The van der Waals surface area contributed by atoms with Crippen LogP contribution in [0, 0.1) is 0 Å². The van der Waals surface area contributed by atoms with Gasteiger partial charge >= 0.3 is 0 Å². The summed E-state index contributed by atoms with van der Waals surface area (Å²) in [6, 6.07) is 9.04. The zero-order valence-corrected chi connectivity index (χ0v) is 9.52. The lowest BCUT2D eigenvalue weighted by Gasteiger charge is -2.01. The predicted octanol–water partition coefficient (Wildman–Crippen LogP) is 1.55. The number of rotatable bonds is 3. The summed E-state index contributed by atoms with van der Waals surface area (Å²) < 4.78 is 1.65. The zero-order valence-electron chi connectivity index (χ0n) is 9.52. The normalized spacial score (nSPS) is 10.7. The largest absolute Gasteiger partial charge is 0.292 e. The van der Waals surface area contributed by atoms with Gasteiger partial charge in [-0.3, -0.25) is 9.78 Å². The lowest BCUT2D eigenvalue weighted by Crippen LogP contribution is -2.06. The first kappa shape index (κ1) is 10.6. The van der Waals surface area contributed by atoms with Crippen LogP contribution in [-0.4, -0.2) is 25.4 Å². The van der Waals surface area contributed by atoms with Crippen molar-refractivity contribution in [2.75, 3.05) is 0 Å². The quantitative estimate of drug-likeness (QED) is 0.649. The van der Waals surface area contributed by atoms with Gasteiger partial charge in [0.2, 0.25) is 0 Å². The average Bonchev–Trinajstić information content (AvgIpc) is 2.87. The highest BCUT2D eigenvalue weighted by molar-refractivity contribution is 5.95. The number of aromatic nitrogens is 4. The number of hydrogen-bond acceptors (Lipinski definition) is 4. The van der Waals surface area contributed by atoms with Crippen LogP contribution < -0.4 is 0 Å². The first-order chi connectivity index (χ1) is 8.83. The van der Waals surface area contributed by atoms with E-state index in [1.807, 2.05) is 18.3 Å². The van der Waals surface area contributed by atoms with E-state index in [-0.39, 0.29) is 5.78 Å². The molecule has 3 rings (SSSR count). The Labute approximate surface area is 103 Å². The van der Waals surface area contributed by atoms with E-state index in [9.17, 15) is 4.79 Å². The molecule has 0 saturated carbocycles. The number of hydrogen-bond donors (Lipinski definition) is 0. The molecule has 0 aliphatic heterocycles. The molecule has 3 aromatic rings. The number of fused-ring (bicyclic) bond motifs is 1. The molecule has 0 aliphatic carbocycles. The van der Waals surface area contributed by atoms with Gasteiger partial charge in [-0.1, -0.05) is 12.1 Å². The third-order valence-electron chi connectivity index (χ3n) is 2.65. The van der Waals surface area contributed by atoms with Gasteiger partial charge in [0.05, 0.1) is 0 Å². The van der Waals surface area contributed by atoms with Gasteiger partial charge in [-0.05, 0) is 23.8 Å². The van der Waals surface area contributed by atoms with Gasteiger partial charge in [0.1, 0.15) is 12.0 Å². The highest BCUT2D eigenvalue weighted by atomic mass is 16.1. The van der Waals surface area contributed by atoms with Crippen molar-refractivity contribution in [2.24, 2.45) is 0 Å². The SMILES string of the molecule is O=C(Cc1ccc2ncnn2c1)c1ccccn1. The van der Waals surface area contributed by atoms with Crippen LogP contribution in [0.2, 0.25) is 0 Å². The molecule has 3 aromatic heterocycles. The van der Waals surface area contributed by atoms with E-state index in [0.717, 1.165) is 11.2 Å². The molecule has 0 bridgehead atoms. The fourth-order valence-corrected chi connectivity index (χ4v) is 1.77. The molecule has 0 radical (unpaired) electrons. The summed E-state index contributed by atoms with van der Waals surface area (Å²) in [7, 11) is 0. The summed E-state index contributed by atoms with van der Waals surface area (Å²) >= 11 is 0. The monoisotopic (exact) mass is 238 g/mol. The first-order valence-corrected chi connectivity index (χ1v) is 5.55. The Balaban J connectivity index is 1.86. The van der Waals surface area contributed by atoms with Crippen LogP contribution in [0.25, 0.3) is 5.65 Å². The Bertz CT molecular complexity index is 690. The summed E-state index contributed by atoms with van der Waals surface area (Å²) in [5, 5.41) is 4.04. The van der Waals surface area contributed by atoms with Crippen molar-refractivity contribution < 1.29 is 4.79 Å². The third kappa shape index (κ3) is 1.98. The Hall–Kier alpha value is -2.56. The van der Waals surface area contributed by atoms with Crippen LogP contribution in [0.5, 0.6) is 0 Å². The summed E-state index contributed by atoms with van der Waals surface area (Å²) in [5.41, 5.74) is 2.14. The van der Waals surface area contributed by atoms with Crippen LogP contribution in [0.15, 0.2) is 49.1 Å². The van der Waals surface area contributed by atoms with Crippen LogP contribution in [0.1, 0.15) is 16.1 Å². The van der Waals surface area contributed by atoms with Crippen LogP contribution in [0.4, 0.5) is 0 Å². The van der Waals surface area contributed by atoms with Crippen molar-refractivity contribution in [1.29, 1.82) is 0 Å². The van der Waals surface area contributed by atoms with Gasteiger partial charge in [0, 0.05) is 18.8 Å². The summed E-state index contributed by atoms with van der Waals surface area (Å²) in [6.45, 7) is 0. The van der Waals surface area contributed by atoms with E-state index < -0.39 is 0 Å². The number of ketones is 1. The van der Waals surface area contributed by atoms with E-state index in [1.54, 1.807) is 28.9 Å². The molecule has 0 aromatic carbocycles. The minimum absolute atomic E-state index is 0.00457. The molecule has 0 N–H and O–H groups in total. The second-order valence-electron chi connectivity index (χ2n) is 3.92. The van der Waals surface area contributed by atoms with E-state index >= 15 is 0 Å². The molecule has 0 saturated heterocycles. The average molecular weight is 238 g/mol. The number of Topliss-reactive ketones (excluding diaryl/α,β-unsaturated/α-hetero) is 1. The summed E-state index contributed by atoms with van der Waals surface area (Å²) in [5.74, 6) is -0.00457. The number of carbonyl (C=O) groups is 1. The molecule has 0 amide bonds. The van der Waals surface area contributed by atoms with Crippen LogP contribution >= 0.6 is 0 Å². The first-order valence-electron chi connectivity index (χ1n) is 5.55.